The van der Waals surface area contributed by atoms with Crippen molar-refractivity contribution in [2.45, 2.75) is 24.9 Å². The standard InChI is InChI=1S/C27H27F3N4O2/c1-26(17-19-7-5-4-6-8-19,25(35)33(2)15-16-36-3)23-13-14-31-24-22(18-32-34(23)24)20-9-11-21(12-10-20)27(28,29)30/h4-14,18H,15-17H2,1-3H3/t26-/m0/s1. The molecule has 9 heteroatoms. The first kappa shape index (κ1) is 25.4. The average molecular weight is 497 g/mol. The van der Waals surface area contributed by atoms with Gasteiger partial charge in [0.15, 0.2) is 5.65 Å². The van der Waals surface area contributed by atoms with Gasteiger partial charge in [0.05, 0.1) is 29.5 Å². The lowest BCUT2D eigenvalue weighted by molar-refractivity contribution is -0.137. The monoisotopic (exact) mass is 496 g/mol. The van der Waals surface area contributed by atoms with E-state index in [4.69, 9.17) is 4.74 Å². The quantitative estimate of drug-likeness (QED) is 0.344. The number of likely N-dealkylation sites (N-methyl/N-ethyl adjacent to an activating group) is 1. The van der Waals surface area contributed by atoms with Gasteiger partial charge < -0.3 is 9.64 Å². The fraction of sp³-hybridized carbons (Fsp3) is 0.296. The van der Waals surface area contributed by atoms with Crippen LogP contribution in [-0.4, -0.2) is 52.7 Å². The summed E-state index contributed by atoms with van der Waals surface area (Å²) in [5.41, 5.74) is 1.46. The van der Waals surface area contributed by atoms with Crippen molar-refractivity contribution in [3.05, 3.63) is 89.9 Å². The number of halogens is 3. The van der Waals surface area contributed by atoms with Gasteiger partial charge in [-0.2, -0.15) is 18.3 Å². The van der Waals surface area contributed by atoms with Crippen LogP contribution in [0.3, 0.4) is 0 Å². The Kier molecular flexibility index (Phi) is 7.12. The Morgan fingerprint density at radius 1 is 1.06 bits per heavy atom. The number of fused-ring (bicyclic) bond motifs is 1. The number of nitrogens with zero attached hydrogens (tertiary/aromatic N) is 4. The fourth-order valence-electron chi connectivity index (χ4n) is 4.38. The molecule has 0 fully saturated rings. The highest BCUT2D eigenvalue weighted by atomic mass is 19.4. The molecule has 0 radical (unpaired) electrons. The van der Waals surface area contributed by atoms with Gasteiger partial charge in [0.2, 0.25) is 5.91 Å². The Bertz CT molecular complexity index is 1340. The summed E-state index contributed by atoms with van der Waals surface area (Å²) < 4.78 is 45.8. The Morgan fingerprint density at radius 2 is 1.75 bits per heavy atom. The first-order valence-corrected chi connectivity index (χ1v) is 11.4. The van der Waals surface area contributed by atoms with Crippen LogP contribution in [0.15, 0.2) is 73.1 Å². The molecular weight excluding hydrogens is 469 g/mol. The molecule has 188 valence electrons. The molecule has 0 N–H and O–H groups in total. The van der Waals surface area contributed by atoms with E-state index in [1.807, 2.05) is 37.3 Å². The third-order valence-corrected chi connectivity index (χ3v) is 6.34. The molecule has 36 heavy (non-hydrogen) atoms. The van der Waals surface area contributed by atoms with Gasteiger partial charge in [0.25, 0.3) is 0 Å². The van der Waals surface area contributed by atoms with E-state index >= 15 is 0 Å². The minimum absolute atomic E-state index is 0.109. The predicted octanol–water partition coefficient (Wildman–Crippen LogP) is 5.02. The van der Waals surface area contributed by atoms with Crippen LogP contribution in [0.4, 0.5) is 13.2 Å². The van der Waals surface area contributed by atoms with Crippen LogP contribution in [0.2, 0.25) is 0 Å². The maximum absolute atomic E-state index is 13.8. The summed E-state index contributed by atoms with van der Waals surface area (Å²) >= 11 is 0. The highest BCUT2D eigenvalue weighted by Crippen LogP contribution is 2.34. The van der Waals surface area contributed by atoms with Crippen molar-refractivity contribution in [3.63, 3.8) is 0 Å². The highest BCUT2D eigenvalue weighted by Gasteiger charge is 2.40. The fourth-order valence-corrected chi connectivity index (χ4v) is 4.38. The van der Waals surface area contributed by atoms with Crippen LogP contribution in [-0.2, 0) is 27.5 Å². The zero-order chi connectivity index (χ0) is 25.9. The summed E-state index contributed by atoms with van der Waals surface area (Å²) in [5.74, 6) is -0.109. The zero-order valence-corrected chi connectivity index (χ0v) is 20.3. The van der Waals surface area contributed by atoms with Crippen molar-refractivity contribution in [2.75, 3.05) is 27.3 Å². The van der Waals surface area contributed by atoms with Gasteiger partial charge in [-0.05, 0) is 42.7 Å². The Hall–Kier alpha value is -3.72. The molecule has 0 saturated heterocycles. The summed E-state index contributed by atoms with van der Waals surface area (Å²) in [6.07, 6.45) is -0.833. The number of carbonyl (C=O) groups excluding carboxylic acids is 1. The number of alkyl halides is 3. The molecule has 0 spiro atoms. The van der Waals surface area contributed by atoms with Crippen LogP contribution < -0.4 is 0 Å². The summed E-state index contributed by atoms with van der Waals surface area (Å²) in [5, 5.41) is 4.51. The SMILES string of the molecule is COCCN(C)C(=O)[C@@](C)(Cc1ccccc1)c1ccnc2c(-c3ccc(C(F)(F)F)cc3)cnn12. The van der Waals surface area contributed by atoms with Gasteiger partial charge in [-0.25, -0.2) is 9.50 Å². The molecule has 0 aliphatic heterocycles. The number of carbonyl (C=O) groups is 1. The van der Waals surface area contributed by atoms with E-state index in [1.165, 1.54) is 12.1 Å². The maximum Gasteiger partial charge on any atom is 0.416 e. The summed E-state index contributed by atoms with van der Waals surface area (Å²) in [6, 6.07) is 16.4. The minimum Gasteiger partial charge on any atom is -0.383 e. The van der Waals surface area contributed by atoms with Crippen molar-refractivity contribution in [3.8, 4) is 11.1 Å². The van der Waals surface area contributed by atoms with Crippen LogP contribution >= 0.6 is 0 Å². The van der Waals surface area contributed by atoms with Gasteiger partial charge >= 0.3 is 6.18 Å². The molecular formula is C27H27F3N4O2. The Balaban J connectivity index is 1.81. The first-order chi connectivity index (χ1) is 17.1. The van der Waals surface area contributed by atoms with E-state index in [2.05, 4.69) is 10.1 Å². The second-order valence-electron chi connectivity index (χ2n) is 8.91. The maximum atomic E-state index is 13.8. The first-order valence-electron chi connectivity index (χ1n) is 11.4. The lowest BCUT2D eigenvalue weighted by Gasteiger charge is -2.33. The van der Waals surface area contributed by atoms with Crippen LogP contribution in [0.25, 0.3) is 16.8 Å². The van der Waals surface area contributed by atoms with Gasteiger partial charge in [0, 0.05) is 32.5 Å². The summed E-state index contributed by atoms with van der Waals surface area (Å²) in [7, 11) is 3.32. The lowest BCUT2D eigenvalue weighted by Crippen LogP contribution is -2.47. The summed E-state index contributed by atoms with van der Waals surface area (Å²) in [6.45, 7) is 2.69. The number of ether oxygens (including phenoxy) is 1. The molecule has 0 unspecified atom stereocenters. The largest absolute Gasteiger partial charge is 0.416 e. The van der Waals surface area contributed by atoms with Crippen LogP contribution in [0.5, 0.6) is 0 Å². The van der Waals surface area contributed by atoms with Gasteiger partial charge in [-0.3, -0.25) is 4.79 Å². The molecule has 1 amide bonds. The molecule has 4 aromatic rings. The Labute approximate surface area is 207 Å². The van der Waals surface area contributed by atoms with Gasteiger partial charge in [-0.1, -0.05) is 42.5 Å². The zero-order valence-electron chi connectivity index (χ0n) is 20.3. The molecule has 0 saturated carbocycles. The van der Waals surface area contributed by atoms with Crippen molar-refractivity contribution >= 4 is 11.6 Å². The summed E-state index contributed by atoms with van der Waals surface area (Å²) in [4.78, 5) is 19.9. The number of benzene rings is 2. The number of hydrogen-bond donors (Lipinski definition) is 0. The number of hydrogen-bond acceptors (Lipinski definition) is 4. The number of aromatic nitrogens is 3. The molecule has 6 nitrogen and oxygen atoms in total. The second kappa shape index (κ2) is 10.1. The third-order valence-electron chi connectivity index (χ3n) is 6.34. The van der Waals surface area contributed by atoms with E-state index in [0.29, 0.717) is 42.0 Å². The Morgan fingerprint density at radius 3 is 2.39 bits per heavy atom. The number of methoxy groups -OCH3 is 1. The van der Waals surface area contributed by atoms with Gasteiger partial charge in [-0.15, -0.1) is 0 Å². The molecule has 2 heterocycles. The third kappa shape index (κ3) is 4.97. The molecule has 2 aromatic heterocycles. The second-order valence-corrected chi connectivity index (χ2v) is 8.91. The molecule has 4 rings (SSSR count). The molecule has 2 aromatic carbocycles. The molecule has 0 bridgehead atoms. The average Bonchev–Trinajstić information content (AvgIpc) is 3.31. The van der Waals surface area contributed by atoms with Crippen molar-refractivity contribution in [1.29, 1.82) is 0 Å². The van der Waals surface area contributed by atoms with Crippen molar-refractivity contribution in [2.24, 2.45) is 0 Å². The van der Waals surface area contributed by atoms with Crippen LogP contribution in [0.1, 0.15) is 23.7 Å². The molecule has 0 aliphatic carbocycles. The topological polar surface area (TPSA) is 59.7 Å². The number of rotatable bonds is 8. The lowest BCUT2D eigenvalue weighted by atomic mass is 9.78. The van der Waals surface area contributed by atoms with Crippen molar-refractivity contribution < 1.29 is 22.7 Å². The van der Waals surface area contributed by atoms with E-state index < -0.39 is 17.2 Å². The number of amides is 1. The normalized spacial score (nSPS) is 13.5. The minimum atomic E-state index is -4.42. The molecule has 0 aliphatic rings. The van der Waals surface area contributed by atoms with Crippen molar-refractivity contribution in [1.82, 2.24) is 19.5 Å². The van der Waals surface area contributed by atoms with Gasteiger partial charge in [0.1, 0.15) is 0 Å². The smallest absolute Gasteiger partial charge is 0.383 e. The highest BCUT2D eigenvalue weighted by molar-refractivity contribution is 5.88. The van der Waals surface area contributed by atoms with E-state index in [0.717, 1.165) is 17.7 Å². The van der Waals surface area contributed by atoms with E-state index in [-0.39, 0.29) is 5.91 Å². The molecule has 1 atom stereocenters. The van der Waals surface area contributed by atoms with Crippen LogP contribution in [0, 0.1) is 0 Å². The van der Waals surface area contributed by atoms with E-state index in [9.17, 15) is 18.0 Å². The van der Waals surface area contributed by atoms with E-state index in [1.54, 1.807) is 42.0 Å². The predicted molar refractivity (Wildman–Crippen MR) is 130 cm³/mol.